The van der Waals surface area contributed by atoms with Gasteiger partial charge in [0.1, 0.15) is 6.04 Å². The predicted octanol–water partition coefficient (Wildman–Crippen LogP) is 1.74. The van der Waals surface area contributed by atoms with Gasteiger partial charge in [-0.05, 0) is 27.2 Å². The summed E-state index contributed by atoms with van der Waals surface area (Å²) in [6, 6.07) is -0.946. The molecule has 2 atom stereocenters. The van der Waals surface area contributed by atoms with Gasteiger partial charge in [0.05, 0.1) is 10.8 Å². The Kier molecular flexibility index (Phi) is 6.13. The molecule has 0 bridgehead atoms. The Morgan fingerprint density at radius 3 is 2.80 bits per heavy atom. The fourth-order valence-corrected chi connectivity index (χ4v) is 2.68. The largest absolute Gasteiger partial charge is 0.480 e. The van der Waals surface area contributed by atoms with Crippen molar-refractivity contribution in [2.75, 3.05) is 5.75 Å². The minimum atomic E-state index is -1.07. The summed E-state index contributed by atoms with van der Waals surface area (Å²) in [5.74, 6) is -1.27. The molecule has 0 aromatic heterocycles. The molecule has 1 amide bonds. The topological polar surface area (TPSA) is 78.8 Å². The highest BCUT2D eigenvalue weighted by molar-refractivity contribution is 8.05. The van der Waals surface area contributed by atoms with Crippen molar-refractivity contribution in [2.24, 2.45) is 4.99 Å². The van der Waals surface area contributed by atoms with Crippen LogP contribution in [0.25, 0.3) is 0 Å². The van der Waals surface area contributed by atoms with E-state index in [-0.39, 0.29) is 22.4 Å². The van der Waals surface area contributed by atoms with Gasteiger partial charge in [0.25, 0.3) is 0 Å². The Morgan fingerprint density at radius 1 is 1.65 bits per heavy atom. The van der Waals surface area contributed by atoms with Crippen LogP contribution in [0.2, 0.25) is 0 Å². The first kappa shape index (κ1) is 17.1. The lowest BCUT2D eigenvalue weighted by Gasteiger charge is -2.15. The van der Waals surface area contributed by atoms with Crippen LogP contribution in [0, 0.1) is 0 Å². The number of allylic oxidation sites excluding steroid dienone is 2. The van der Waals surface area contributed by atoms with Gasteiger partial charge in [-0.15, -0.1) is 11.8 Å². The summed E-state index contributed by atoms with van der Waals surface area (Å²) in [5.41, 5.74) is -0.151. The van der Waals surface area contributed by atoms with E-state index in [0.717, 1.165) is 4.91 Å². The van der Waals surface area contributed by atoms with Crippen LogP contribution in [-0.2, 0) is 9.59 Å². The molecular formula is C13H20N2O3S2. The van der Waals surface area contributed by atoms with Crippen molar-refractivity contribution in [3.8, 4) is 0 Å². The first-order valence-corrected chi connectivity index (χ1v) is 7.80. The summed E-state index contributed by atoms with van der Waals surface area (Å²) in [4.78, 5) is 28.1. The molecule has 0 spiro atoms. The van der Waals surface area contributed by atoms with Gasteiger partial charge in [0.2, 0.25) is 5.91 Å². The van der Waals surface area contributed by atoms with E-state index in [9.17, 15) is 9.59 Å². The standard InChI is InChI=1S/C13H20N2O3S2/c1-13(2,3)14-6-8-4-5-10(20-8)11(16)15-9(7-19)12(17)18/h4,6,9-10,19H,5,7H2,1-3H3,(H,15,16)(H,17,18). The molecule has 7 heteroatoms. The lowest BCUT2D eigenvalue weighted by Crippen LogP contribution is -2.45. The van der Waals surface area contributed by atoms with Crippen molar-refractivity contribution in [3.63, 3.8) is 0 Å². The molecule has 0 aliphatic carbocycles. The van der Waals surface area contributed by atoms with E-state index in [4.69, 9.17) is 5.11 Å². The number of nitrogens with one attached hydrogen (secondary N) is 1. The second kappa shape index (κ2) is 7.17. The fourth-order valence-electron chi connectivity index (χ4n) is 1.43. The number of hydrogen-bond donors (Lipinski definition) is 3. The Morgan fingerprint density at radius 2 is 2.30 bits per heavy atom. The molecule has 0 fully saturated rings. The number of carboxylic acids is 1. The molecule has 0 saturated heterocycles. The predicted molar refractivity (Wildman–Crippen MR) is 85.7 cm³/mol. The minimum Gasteiger partial charge on any atom is -0.480 e. The zero-order valence-corrected chi connectivity index (χ0v) is 13.5. The van der Waals surface area contributed by atoms with Crippen LogP contribution in [0.5, 0.6) is 0 Å². The molecule has 5 nitrogen and oxygen atoms in total. The molecule has 0 aromatic rings. The molecule has 0 radical (unpaired) electrons. The maximum absolute atomic E-state index is 12.0. The normalized spacial score (nSPS) is 20.8. The van der Waals surface area contributed by atoms with Crippen LogP contribution in [0.3, 0.4) is 0 Å². The number of amides is 1. The molecule has 0 saturated carbocycles. The van der Waals surface area contributed by atoms with Crippen LogP contribution < -0.4 is 5.32 Å². The first-order chi connectivity index (χ1) is 9.23. The average molecular weight is 316 g/mol. The number of carbonyl (C=O) groups excluding carboxylic acids is 1. The molecule has 112 valence electrons. The van der Waals surface area contributed by atoms with Gasteiger partial charge in [-0.2, -0.15) is 12.6 Å². The molecule has 2 N–H and O–H groups in total. The number of thioether (sulfide) groups is 1. The molecular weight excluding hydrogens is 296 g/mol. The third-order valence-corrected chi connectivity index (χ3v) is 4.08. The van der Waals surface area contributed by atoms with Crippen molar-refractivity contribution >= 4 is 42.5 Å². The third kappa shape index (κ3) is 5.58. The van der Waals surface area contributed by atoms with E-state index in [1.807, 2.05) is 26.8 Å². The average Bonchev–Trinajstić information content (AvgIpc) is 2.80. The molecule has 0 aromatic carbocycles. The number of rotatable bonds is 5. The maximum atomic E-state index is 12.0. The van der Waals surface area contributed by atoms with Gasteiger partial charge in [0, 0.05) is 16.9 Å². The Bertz CT molecular complexity index is 441. The summed E-state index contributed by atoms with van der Waals surface area (Å²) in [7, 11) is 0. The second-order valence-electron chi connectivity index (χ2n) is 5.46. The second-order valence-corrected chi connectivity index (χ2v) is 7.10. The van der Waals surface area contributed by atoms with Crippen molar-refractivity contribution in [3.05, 3.63) is 11.0 Å². The van der Waals surface area contributed by atoms with Crippen LogP contribution in [-0.4, -0.2) is 45.8 Å². The van der Waals surface area contributed by atoms with E-state index in [2.05, 4.69) is 22.9 Å². The van der Waals surface area contributed by atoms with Gasteiger partial charge in [-0.25, -0.2) is 4.79 Å². The van der Waals surface area contributed by atoms with E-state index >= 15 is 0 Å². The van der Waals surface area contributed by atoms with E-state index in [1.165, 1.54) is 11.8 Å². The SMILES string of the molecule is CC(C)(C)N=CC1=CCC(C(=O)NC(CS)C(=O)O)S1. The van der Waals surface area contributed by atoms with Crippen molar-refractivity contribution in [1.29, 1.82) is 0 Å². The molecule has 1 aliphatic heterocycles. The van der Waals surface area contributed by atoms with Gasteiger partial charge in [-0.1, -0.05) is 6.08 Å². The smallest absolute Gasteiger partial charge is 0.327 e. The van der Waals surface area contributed by atoms with Crippen molar-refractivity contribution < 1.29 is 14.7 Å². The number of thiol groups is 1. The van der Waals surface area contributed by atoms with Gasteiger partial charge in [-0.3, -0.25) is 9.79 Å². The number of aliphatic imine (C=N–C) groups is 1. The molecule has 20 heavy (non-hydrogen) atoms. The molecule has 1 rings (SSSR count). The summed E-state index contributed by atoms with van der Waals surface area (Å²) >= 11 is 5.32. The summed E-state index contributed by atoms with van der Waals surface area (Å²) in [6.07, 6.45) is 4.30. The lowest BCUT2D eigenvalue weighted by atomic mass is 10.1. The monoisotopic (exact) mass is 316 g/mol. The number of hydrogen-bond acceptors (Lipinski definition) is 5. The van der Waals surface area contributed by atoms with Crippen LogP contribution in [0.4, 0.5) is 0 Å². The highest BCUT2D eigenvalue weighted by atomic mass is 32.2. The minimum absolute atomic E-state index is 0.0736. The Balaban J connectivity index is 2.52. The zero-order chi connectivity index (χ0) is 15.3. The molecule has 1 heterocycles. The number of carboxylic acid groups (broad SMARTS) is 1. The van der Waals surface area contributed by atoms with Gasteiger partial charge in [0.15, 0.2) is 0 Å². The highest BCUT2D eigenvalue weighted by Crippen LogP contribution is 2.31. The lowest BCUT2D eigenvalue weighted by molar-refractivity contribution is -0.141. The molecule has 1 aliphatic rings. The quantitative estimate of drug-likeness (QED) is 0.533. The summed E-state index contributed by atoms with van der Waals surface area (Å²) < 4.78 is 0. The Labute approximate surface area is 128 Å². The Hall–Kier alpha value is -0.950. The van der Waals surface area contributed by atoms with Gasteiger partial charge >= 0.3 is 5.97 Å². The van der Waals surface area contributed by atoms with Crippen LogP contribution in [0.1, 0.15) is 27.2 Å². The van der Waals surface area contributed by atoms with Crippen LogP contribution in [0.15, 0.2) is 16.0 Å². The van der Waals surface area contributed by atoms with E-state index in [0.29, 0.717) is 6.42 Å². The third-order valence-electron chi connectivity index (χ3n) is 2.48. The maximum Gasteiger partial charge on any atom is 0.327 e. The van der Waals surface area contributed by atoms with Crippen molar-refractivity contribution in [2.45, 2.75) is 44.0 Å². The first-order valence-electron chi connectivity index (χ1n) is 6.29. The zero-order valence-electron chi connectivity index (χ0n) is 11.8. The van der Waals surface area contributed by atoms with E-state index in [1.54, 1.807) is 6.21 Å². The van der Waals surface area contributed by atoms with E-state index < -0.39 is 12.0 Å². The fraction of sp³-hybridized carbons (Fsp3) is 0.615. The van der Waals surface area contributed by atoms with Gasteiger partial charge < -0.3 is 10.4 Å². The highest BCUT2D eigenvalue weighted by Gasteiger charge is 2.28. The number of nitrogens with zero attached hydrogens (tertiary/aromatic N) is 1. The molecule has 2 unspecified atom stereocenters. The van der Waals surface area contributed by atoms with Crippen LogP contribution >= 0.6 is 24.4 Å². The number of aliphatic carboxylic acids is 1. The summed E-state index contributed by atoms with van der Waals surface area (Å²) in [5, 5.41) is 11.1. The number of carbonyl (C=O) groups is 2. The van der Waals surface area contributed by atoms with Crippen molar-refractivity contribution in [1.82, 2.24) is 5.32 Å². The summed E-state index contributed by atoms with van der Waals surface area (Å²) in [6.45, 7) is 5.99.